The maximum atomic E-state index is 12.5. The summed E-state index contributed by atoms with van der Waals surface area (Å²) in [5, 5.41) is 4.03. The molecule has 1 aromatic heterocycles. The van der Waals surface area contributed by atoms with Gasteiger partial charge < -0.3 is 5.32 Å². The molecule has 0 atom stereocenters. The molecule has 1 aromatic carbocycles. The fraction of sp³-hybridized carbons (Fsp3) is 0.412. The first-order valence-electron chi connectivity index (χ1n) is 7.69. The average Bonchev–Trinajstić information content (AvgIpc) is 3.11. The van der Waals surface area contributed by atoms with Crippen LogP contribution < -0.4 is 5.32 Å². The van der Waals surface area contributed by atoms with E-state index in [1.54, 1.807) is 0 Å². The zero-order valence-electron chi connectivity index (χ0n) is 13.1. The predicted molar refractivity (Wildman–Crippen MR) is 90.5 cm³/mol. The summed E-state index contributed by atoms with van der Waals surface area (Å²) in [6, 6.07) is 7.82. The topological polar surface area (TPSA) is 45.2 Å². The highest BCUT2D eigenvalue weighted by Crippen LogP contribution is 2.23. The SMILES string of the molecule is Cc1ccccc1NC(=O)c1sc(CN2CCCC2)nc1C. The second kappa shape index (κ2) is 6.58. The van der Waals surface area contributed by atoms with Gasteiger partial charge in [0.1, 0.15) is 9.88 Å². The van der Waals surface area contributed by atoms with Crippen molar-refractivity contribution in [3.05, 3.63) is 45.4 Å². The number of nitrogens with one attached hydrogen (secondary N) is 1. The lowest BCUT2D eigenvalue weighted by molar-refractivity contribution is 0.102. The molecular formula is C17H21N3OS. The predicted octanol–water partition coefficient (Wildman–Crippen LogP) is 3.61. The molecule has 0 bridgehead atoms. The van der Waals surface area contributed by atoms with Gasteiger partial charge in [-0.15, -0.1) is 11.3 Å². The smallest absolute Gasteiger partial charge is 0.267 e. The Balaban J connectivity index is 1.72. The molecule has 2 heterocycles. The Morgan fingerprint density at radius 2 is 2.00 bits per heavy atom. The third-order valence-electron chi connectivity index (χ3n) is 4.00. The van der Waals surface area contributed by atoms with Gasteiger partial charge in [0, 0.05) is 5.69 Å². The highest BCUT2D eigenvalue weighted by atomic mass is 32.1. The van der Waals surface area contributed by atoms with Gasteiger partial charge in [-0.25, -0.2) is 4.98 Å². The molecule has 0 radical (unpaired) electrons. The van der Waals surface area contributed by atoms with E-state index < -0.39 is 0 Å². The lowest BCUT2D eigenvalue weighted by Crippen LogP contribution is -2.18. The van der Waals surface area contributed by atoms with Crippen LogP contribution in [0.4, 0.5) is 5.69 Å². The number of carbonyl (C=O) groups excluding carboxylic acids is 1. The monoisotopic (exact) mass is 315 g/mol. The largest absolute Gasteiger partial charge is 0.321 e. The lowest BCUT2D eigenvalue weighted by atomic mass is 10.2. The Hall–Kier alpha value is -1.72. The van der Waals surface area contributed by atoms with Crippen LogP contribution in [0, 0.1) is 13.8 Å². The van der Waals surface area contributed by atoms with Crippen molar-refractivity contribution >= 4 is 22.9 Å². The summed E-state index contributed by atoms with van der Waals surface area (Å²) in [6.45, 7) is 7.06. The van der Waals surface area contributed by atoms with E-state index in [1.807, 2.05) is 38.1 Å². The third kappa shape index (κ3) is 3.36. The maximum Gasteiger partial charge on any atom is 0.267 e. The molecule has 0 spiro atoms. The van der Waals surface area contributed by atoms with Gasteiger partial charge in [0.15, 0.2) is 0 Å². The second-order valence-electron chi connectivity index (χ2n) is 5.77. The molecule has 1 saturated heterocycles. The molecule has 22 heavy (non-hydrogen) atoms. The summed E-state index contributed by atoms with van der Waals surface area (Å²) in [5.74, 6) is -0.0584. The molecule has 5 heteroatoms. The van der Waals surface area contributed by atoms with Crippen molar-refractivity contribution in [1.29, 1.82) is 0 Å². The van der Waals surface area contributed by atoms with Gasteiger partial charge in [0.2, 0.25) is 0 Å². The molecule has 1 aliphatic rings. The minimum Gasteiger partial charge on any atom is -0.321 e. The number of para-hydroxylation sites is 1. The molecule has 1 fully saturated rings. The van der Waals surface area contributed by atoms with E-state index in [9.17, 15) is 4.79 Å². The van der Waals surface area contributed by atoms with E-state index in [0.29, 0.717) is 0 Å². The first kappa shape index (κ1) is 15.2. The van der Waals surface area contributed by atoms with E-state index in [4.69, 9.17) is 0 Å². The highest BCUT2D eigenvalue weighted by Gasteiger charge is 2.19. The molecule has 1 amide bonds. The Morgan fingerprint density at radius 1 is 1.27 bits per heavy atom. The van der Waals surface area contributed by atoms with E-state index >= 15 is 0 Å². The molecule has 1 N–H and O–H groups in total. The van der Waals surface area contributed by atoms with Crippen LogP contribution >= 0.6 is 11.3 Å². The average molecular weight is 315 g/mol. The van der Waals surface area contributed by atoms with E-state index in [0.717, 1.165) is 46.5 Å². The van der Waals surface area contributed by atoms with Crippen LogP contribution in [-0.2, 0) is 6.54 Å². The fourth-order valence-corrected chi connectivity index (χ4v) is 3.76. The van der Waals surface area contributed by atoms with Crippen LogP contribution in [0.25, 0.3) is 0 Å². The molecule has 0 saturated carbocycles. The van der Waals surface area contributed by atoms with Gasteiger partial charge in [-0.05, 0) is 51.4 Å². The van der Waals surface area contributed by atoms with Crippen LogP contribution in [0.2, 0.25) is 0 Å². The fourth-order valence-electron chi connectivity index (χ4n) is 2.75. The van der Waals surface area contributed by atoms with Gasteiger partial charge in [-0.2, -0.15) is 0 Å². The van der Waals surface area contributed by atoms with Crippen molar-refractivity contribution in [2.24, 2.45) is 0 Å². The summed E-state index contributed by atoms with van der Waals surface area (Å²) in [5.41, 5.74) is 2.75. The number of benzene rings is 1. The molecule has 1 aliphatic heterocycles. The highest BCUT2D eigenvalue weighted by molar-refractivity contribution is 7.13. The summed E-state index contributed by atoms with van der Waals surface area (Å²) >= 11 is 1.51. The zero-order chi connectivity index (χ0) is 15.5. The summed E-state index contributed by atoms with van der Waals surface area (Å²) in [6.07, 6.45) is 2.54. The van der Waals surface area contributed by atoms with Crippen LogP contribution in [0.3, 0.4) is 0 Å². The number of likely N-dealkylation sites (tertiary alicyclic amines) is 1. The van der Waals surface area contributed by atoms with E-state index in [1.165, 1.54) is 24.2 Å². The normalized spacial score (nSPS) is 15.2. The van der Waals surface area contributed by atoms with Crippen LogP contribution in [0.15, 0.2) is 24.3 Å². The number of carbonyl (C=O) groups is 1. The molecular weight excluding hydrogens is 294 g/mol. The maximum absolute atomic E-state index is 12.5. The Morgan fingerprint density at radius 3 is 2.73 bits per heavy atom. The first-order valence-corrected chi connectivity index (χ1v) is 8.51. The number of rotatable bonds is 4. The third-order valence-corrected chi connectivity index (χ3v) is 5.14. The van der Waals surface area contributed by atoms with Crippen molar-refractivity contribution in [1.82, 2.24) is 9.88 Å². The van der Waals surface area contributed by atoms with Crippen molar-refractivity contribution in [3.63, 3.8) is 0 Å². The number of thiazole rings is 1. The zero-order valence-corrected chi connectivity index (χ0v) is 13.9. The number of aromatic nitrogens is 1. The number of aryl methyl sites for hydroxylation is 2. The summed E-state index contributed by atoms with van der Waals surface area (Å²) in [4.78, 5) is 20.2. The quantitative estimate of drug-likeness (QED) is 0.937. The number of amides is 1. The Bertz CT molecular complexity index is 674. The van der Waals surface area contributed by atoms with E-state index in [2.05, 4.69) is 15.2 Å². The molecule has 116 valence electrons. The summed E-state index contributed by atoms with van der Waals surface area (Å²) < 4.78 is 0. The van der Waals surface area contributed by atoms with Crippen molar-refractivity contribution in [2.45, 2.75) is 33.2 Å². The lowest BCUT2D eigenvalue weighted by Gasteiger charge is -2.11. The Labute approximate surface area is 135 Å². The molecule has 4 nitrogen and oxygen atoms in total. The van der Waals surface area contributed by atoms with Gasteiger partial charge in [-0.1, -0.05) is 18.2 Å². The van der Waals surface area contributed by atoms with Crippen LogP contribution in [-0.4, -0.2) is 28.9 Å². The molecule has 3 rings (SSSR count). The van der Waals surface area contributed by atoms with Crippen molar-refractivity contribution in [3.8, 4) is 0 Å². The second-order valence-corrected chi connectivity index (χ2v) is 6.86. The van der Waals surface area contributed by atoms with Gasteiger partial charge in [0.05, 0.1) is 12.2 Å². The molecule has 0 unspecified atom stereocenters. The molecule has 2 aromatic rings. The standard InChI is InChI=1S/C17H21N3OS/c1-12-7-3-4-8-14(12)19-17(21)16-13(2)18-15(22-16)11-20-9-5-6-10-20/h3-4,7-8H,5-6,9-11H2,1-2H3,(H,19,21). The van der Waals surface area contributed by atoms with Crippen LogP contribution in [0.1, 0.15) is 38.8 Å². The van der Waals surface area contributed by atoms with Crippen molar-refractivity contribution < 1.29 is 4.79 Å². The minimum absolute atomic E-state index is 0.0584. The Kier molecular flexibility index (Phi) is 4.55. The number of hydrogen-bond acceptors (Lipinski definition) is 4. The summed E-state index contributed by atoms with van der Waals surface area (Å²) in [7, 11) is 0. The van der Waals surface area contributed by atoms with Crippen LogP contribution in [0.5, 0.6) is 0 Å². The van der Waals surface area contributed by atoms with Crippen molar-refractivity contribution in [2.75, 3.05) is 18.4 Å². The number of hydrogen-bond donors (Lipinski definition) is 1. The van der Waals surface area contributed by atoms with Gasteiger partial charge >= 0.3 is 0 Å². The van der Waals surface area contributed by atoms with Gasteiger partial charge in [-0.3, -0.25) is 9.69 Å². The first-order chi connectivity index (χ1) is 10.6. The number of nitrogens with zero attached hydrogens (tertiary/aromatic N) is 2. The minimum atomic E-state index is -0.0584. The molecule has 0 aliphatic carbocycles. The number of anilines is 1. The van der Waals surface area contributed by atoms with Gasteiger partial charge in [0.25, 0.3) is 5.91 Å². The van der Waals surface area contributed by atoms with E-state index in [-0.39, 0.29) is 5.91 Å².